The van der Waals surface area contributed by atoms with Crippen LogP contribution in [0.15, 0.2) is 182 Å². The molecule has 6 N–H and O–H groups in total. The Morgan fingerprint density at radius 3 is 0.893 bits per heavy atom. The summed E-state index contributed by atoms with van der Waals surface area (Å²) in [5.41, 5.74) is 10.2. The van der Waals surface area contributed by atoms with E-state index >= 15 is 0 Å². The molecule has 10 aromatic rings. The van der Waals surface area contributed by atoms with E-state index in [0.29, 0.717) is 52.0 Å². The van der Waals surface area contributed by atoms with E-state index < -0.39 is 0 Å². The van der Waals surface area contributed by atoms with Crippen molar-refractivity contribution in [1.29, 1.82) is 0 Å². The van der Waals surface area contributed by atoms with Crippen LogP contribution in [0.25, 0.3) is 50.4 Å². The number of ether oxygens (including phenoxy) is 3. The maximum absolute atomic E-state index is 12.6. The number of aromatic nitrogens is 9. The Kier molecular flexibility index (Phi) is 15.1. The van der Waals surface area contributed by atoms with Gasteiger partial charge in [0.1, 0.15) is 17.2 Å². The fourth-order valence-corrected chi connectivity index (χ4v) is 10.4. The summed E-state index contributed by atoms with van der Waals surface area (Å²) in [6, 6.07) is 51.6. The third-order valence-corrected chi connectivity index (χ3v) is 14.9. The normalized spacial score (nSPS) is 16.5. The molecule has 3 atom stereocenters. The molecule has 3 aliphatic heterocycles. The smallest absolute Gasteiger partial charge is 0.259 e. The van der Waals surface area contributed by atoms with Crippen LogP contribution in [-0.4, -0.2) is 100 Å². The maximum atomic E-state index is 12.6. The van der Waals surface area contributed by atoms with Gasteiger partial charge in [-0.1, -0.05) is 67.3 Å². The van der Waals surface area contributed by atoms with Gasteiger partial charge in [-0.15, -0.1) is 0 Å². The summed E-state index contributed by atoms with van der Waals surface area (Å²) in [7, 11) is 0. The van der Waals surface area contributed by atoms with Crippen molar-refractivity contribution in [3.05, 3.63) is 182 Å². The molecule has 0 bridgehead atoms. The van der Waals surface area contributed by atoms with Crippen molar-refractivity contribution in [2.24, 2.45) is 0 Å². The molecule has 13 rings (SSSR count). The summed E-state index contributed by atoms with van der Waals surface area (Å²) in [6.07, 6.45) is 10.6. The number of hydrogen-bond donors (Lipinski definition) is 6. The van der Waals surface area contributed by atoms with Gasteiger partial charge in [0.15, 0.2) is 0 Å². The van der Waals surface area contributed by atoms with E-state index in [1.807, 2.05) is 146 Å². The molecule has 84 heavy (non-hydrogen) atoms. The highest BCUT2D eigenvalue weighted by Gasteiger charge is 2.24. The number of benzene rings is 7. The molecule has 6 heterocycles. The molecule has 0 saturated carbocycles. The molecule has 0 unspecified atom stereocenters. The van der Waals surface area contributed by atoms with E-state index in [0.717, 1.165) is 109 Å². The second-order valence-corrected chi connectivity index (χ2v) is 20.7. The topological polar surface area (TPSA) is 243 Å². The van der Waals surface area contributed by atoms with Crippen molar-refractivity contribution in [2.75, 3.05) is 35.6 Å². The first-order chi connectivity index (χ1) is 41.2. The number of amides is 3. The molecule has 21 heteroatoms. The molecule has 0 aliphatic carbocycles. The van der Waals surface area contributed by atoms with Crippen molar-refractivity contribution in [3.8, 4) is 85.3 Å². The molecule has 3 fully saturated rings. The van der Waals surface area contributed by atoms with Gasteiger partial charge in [0.25, 0.3) is 17.6 Å². The van der Waals surface area contributed by atoms with Crippen LogP contribution in [0.1, 0.15) is 38.5 Å². The van der Waals surface area contributed by atoms with Gasteiger partial charge in [0.05, 0.1) is 53.8 Å². The van der Waals surface area contributed by atoms with Crippen LogP contribution in [0, 0.1) is 0 Å². The lowest BCUT2D eigenvalue weighted by molar-refractivity contribution is -0.118. The molecule has 3 amide bonds. The van der Waals surface area contributed by atoms with Gasteiger partial charge in [-0.2, -0.15) is 0 Å². The summed E-state index contributed by atoms with van der Waals surface area (Å²) in [6.45, 7) is 2.55. The number of hydrogen-bond acceptors (Lipinski definition) is 15. The van der Waals surface area contributed by atoms with Gasteiger partial charge < -0.3 is 46.1 Å². The summed E-state index contributed by atoms with van der Waals surface area (Å²) in [5.74, 6) is 2.60. The van der Waals surface area contributed by atoms with Gasteiger partial charge >= 0.3 is 0 Å². The fourth-order valence-electron chi connectivity index (χ4n) is 10.4. The third-order valence-electron chi connectivity index (χ3n) is 14.9. The number of nitrogens with zero attached hydrogens (tertiary/aromatic N) is 9. The number of anilines is 3. The molecule has 3 aliphatic rings. The zero-order valence-electron chi connectivity index (χ0n) is 45.4. The first-order valence-electron chi connectivity index (χ1n) is 27.9. The van der Waals surface area contributed by atoms with Crippen molar-refractivity contribution in [3.63, 3.8) is 0 Å². The fraction of sp³-hybridized carbons (Fsp3) is 0.190. The average Bonchev–Trinajstić information content (AvgIpc) is 4.18. The predicted octanol–water partition coefficient (Wildman–Crippen LogP) is 9.88. The van der Waals surface area contributed by atoms with Crippen LogP contribution >= 0.6 is 0 Å². The van der Waals surface area contributed by atoms with Crippen LogP contribution in [0.2, 0.25) is 0 Å². The van der Waals surface area contributed by atoms with Gasteiger partial charge in [-0.25, -0.2) is 14.0 Å². The number of carbonyl (C=O) groups excluding carboxylic acids is 3. The monoisotopic (exact) mass is 1120 g/mol. The molecule has 3 aromatic heterocycles. The highest BCUT2D eigenvalue weighted by Crippen LogP contribution is 2.36. The highest BCUT2D eigenvalue weighted by molar-refractivity contribution is 5.96. The lowest BCUT2D eigenvalue weighted by Gasteiger charge is -2.13. The minimum atomic E-state index is -0.167. The van der Waals surface area contributed by atoms with E-state index in [-0.39, 0.29) is 35.8 Å². The van der Waals surface area contributed by atoms with Gasteiger partial charge in [-0.05, 0) is 219 Å². The van der Waals surface area contributed by atoms with Crippen LogP contribution < -0.4 is 46.1 Å². The largest absolute Gasteiger partial charge is 0.436 e. The summed E-state index contributed by atoms with van der Waals surface area (Å²) in [4.78, 5) is 37.8. The molecular weight excluding hydrogens is 1060 g/mol. The summed E-state index contributed by atoms with van der Waals surface area (Å²) < 4.78 is 23.4. The van der Waals surface area contributed by atoms with E-state index in [9.17, 15) is 14.4 Å². The number of carbonyl (C=O) groups is 3. The molecule has 7 aromatic carbocycles. The Balaban J connectivity index is 0.703. The second-order valence-electron chi connectivity index (χ2n) is 20.7. The predicted molar refractivity (Wildman–Crippen MR) is 316 cm³/mol. The highest BCUT2D eigenvalue weighted by atomic mass is 16.5. The first-order valence-corrected chi connectivity index (χ1v) is 27.9. The zero-order chi connectivity index (χ0) is 56.8. The molecular formula is C63H57N15O6. The van der Waals surface area contributed by atoms with Crippen molar-refractivity contribution in [2.45, 2.75) is 56.7 Å². The molecule has 420 valence electrons. The van der Waals surface area contributed by atoms with Gasteiger partial charge in [0.2, 0.25) is 17.7 Å². The van der Waals surface area contributed by atoms with Crippen LogP contribution in [-0.2, 0) is 14.4 Å². The first kappa shape index (κ1) is 53.0. The Morgan fingerprint density at radius 2 is 0.643 bits per heavy atom. The maximum Gasteiger partial charge on any atom is 0.259 e. The SMILES string of the molecule is O=C(Nc1ccc(-n2cc(Oc3ccc(-c4cc(-c5ccc(Oc6cn(-c7ccc(NC(=O)[C@@H]8CCCN8)cc7)nn6)cc5)cc(-c5ccc(Oc6cn(-c7ccc(NC(=O)[C@@H]8CCCN8)cc7)nn6)cc5)c4)cc3)nn2)cc1)[C@@H]1CCCN1. The Hall–Kier alpha value is -10.3. The molecule has 0 radical (unpaired) electrons. The molecule has 21 nitrogen and oxygen atoms in total. The standard InChI is InChI=1S/C63H57N15O6/c79-61(55-4-1-31-64-55)67-46-13-19-49(20-14-46)76-37-58(70-73-76)82-52-25-7-40(8-26-52)43-34-44(41-9-27-53(28-10-41)83-59-38-77(74-71-59)50-21-15-47(16-22-50)68-62(80)56-5-2-32-65-56)36-45(35-43)42-11-29-54(30-12-42)84-60-39-78(75-72-60)51-23-17-48(18-24-51)69-63(81)57-6-3-33-66-57/h7-30,34-39,55-57,64-66H,1-6,31-33H2,(H,67,79)(H,68,80)(H,69,81)/t55-,56-,57-/m0/s1. The quantitative estimate of drug-likeness (QED) is 0.0468. The Morgan fingerprint density at radius 1 is 0.369 bits per heavy atom. The van der Waals surface area contributed by atoms with Crippen LogP contribution in [0.3, 0.4) is 0 Å². The van der Waals surface area contributed by atoms with Crippen molar-refractivity contribution < 1.29 is 28.6 Å². The lowest BCUT2D eigenvalue weighted by atomic mass is 9.93. The van der Waals surface area contributed by atoms with Crippen molar-refractivity contribution in [1.82, 2.24) is 60.9 Å². The Bertz CT molecular complexity index is 3500. The van der Waals surface area contributed by atoms with Crippen LogP contribution in [0.5, 0.6) is 34.9 Å². The van der Waals surface area contributed by atoms with Gasteiger partial charge in [0, 0.05) is 17.1 Å². The van der Waals surface area contributed by atoms with Crippen LogP contribution in [0.4, 0.5) is 17.1 Å². The Labute approximate surface area is 482 Å². The number of nitrogens with one attached hydrogen (secondary N) is 6. The minimum absolute atomic E-state index is 0.0346. The number of rotatable bonds is 18. The van der Waals surface area contributed by atoms with Gasteiger partial charge in [-0.3, -0.25) is 14.4 Å². The van der Waals surface area contributed by atoms with E-state index in [1.165, 1.54) is 0 Å². The summed E-state index contributed by atoms with van der Waals surface area (Å²) >= 11 is 0. The molecule has 0 spiro atoms. The van der Waals surface area contributed by atoms with E-state index in [1.54, 1.807) is 32.6 Å². The average molecular weight is 1120 g/mol. The van der Waals surface area contributed by atoms with E-state index in [2.05, 4.69) is 81.0 Å². The third kappa shape index (κ3) is 12.4. The minimum Gasteiger partial charge on any atom is -0.436 e. The second kappa shape index (κ2) is 24.0. The van der Waals surface area contributed by atoms with Crippen molar-refractivity contribution >= 4 is 34.8 Å². The molecule has 3 saturated heterocycles. The summed E-state index contributed by atoms with van der Waals surface area (Å²) in [5, 5.41) is 44.3. The van der Waals surface area contributed by atoms with E-state index in [4.69, 9.17) is 14.2 Å². The lowest BCUT2D eigenvalue weighted by Crippen LogP contribution is -2.35. The zero-order valence-corrected chi connectivity index (χ0v) is 45.4.